The number of nitrogens with one attached hydrogen (secondary N) is 1. The number of hydrogen-bond donors (Lipinski definition) is 1. The van der Waals surface area contributed by atoms with Crippen LogP contribution in [0.25, 0.3) is 10.9 Å². The largest absolute Gasteiger partial charge is 0.357 e. The highest BCUT2D eigenvalue weighted by molar-refractivity contribution is 14.1. The van der Waals surface area contributed by atoms with Crippen molar-refractivity contribution in [1.82, 2.24) is 4.98 Å². The maximum absolute atomic E-state index is 11.8. The fourth-order valence-corrected chi connectivity index (χ4v) is 3.98. The molecule has 3 rings (SSSR count). The minimum absolute atomic E-state index is 0.0601. The third kappa shape index (κ3) is 3.13. The number of H-pyrrole nitrogens is 1. The topological polar surface area (TPSA) is 32.9 Å². The van der Waals surface area contributed by atoms with Crippen molar-refractivity contribution < 1.29 is 4.79 Å². The van der Waals surface area contributed by atoms with Crippen LogP contribution in [0.2, 0.25) is 0 Å². The number of aromatic nitrogens is 1. The van der Waals surface area contributed by atoms with Crippen LogP contribution in [0.5, 0.6) is 0 Å². The molecule has 3 aromatic rings. The van der Waals surface area contributed by atoms with E-state index in [4.69, 9.17) is 0 Å². The molecule has 1 aromatic heterocycles. The van der Waals surface area contributed by atoms with Crippen LogP contribution in [-0.4, -0.2) is 10.8 Å². The molecule has 1 N–H and O–H groups in total. The lowest BCUT2D eigenvalue weighted by molar-refractivity contribution is -0.117. The maximum atomic E-state index is 11.8. The highest BCUT2D eigenvalue weighted by Gasteiger charge is 2.22. The summed E-state index contributed by atoms with van der Waals surface area (Å²) in [5, 5.41) is 1.21. The Hall–Kier alpha value is -1.14. The van der Waals surface area contributed by atoms with Gasteiger partial charge in [-0.3, -0.25) is 4.79 Å². The molecule has 0 unspecified atom stereocenters. The monoisotopic (exact) mass is 467 g/mol. The van der Waals surface area contributed by atoms with Gasteiger partial charge in [0.2, 0.25) is 0 Å². The molecule has 0 saturated heterocycles. The molecule has 0 aliphatic carbocycles. The number of carbonyl (C=O) groups is 1. The van der Waals surface area contributed by atoms with Gasteiger partial charge in [-0.15, -0.1) is 0 Å². The van der Waals surface area contributed by atoms with Crippen molar-refractivity contribution in [3.05, 3.63) is 67.8 Å². The van der Waals surface area contributed by atoms with E-state index in [0.29, 0.717) is 6.42 Å². The molecule has 1 atom stereocenters. The second kappa shape index (κ2) is 6.54. The Labute approximate surface area is 151 Å². The zero-order chi connectivity index (χ0) is 15.7. The molecule has 1 heterocycles. The van der Waals surface area contributed by atoms with Crippen LogP contribution in [0.1, 0.15) is 30.5 Å². The van der Waals surface area contributed by atoms with Gasteiger partial charge in [-0.2, -0.15) is 0 Å². The number of hydrogen-bond acceptors (Lipinski definition) is 1. The summed E-state index contributed by atoms with van der Waals surface area (Å²) in [5.41, 5.74) is 3.40. The van der Waals surface area contributed by atoms with Crippen LogP contribution in [0, 0.1) is 3.57 Å². The van der Waals surface area contributed by atoms with E-state index in [1.807, 2.05) is 24.3 Å². The van der Waals surface area contributed by atoms with Crippen molar-refractivity contribution in [3.63, 3.8) is 0 Å². The molecule has 112 valence electrons. The fourth-order valence-electron chi connectivity index (χ4n) is 2.74. The van der Waals surface area contributed by atoms with Crippen molar-refractivity contribution in [1.29, 1.82) is 0 Å². The van der Waals surface area contributed by atoms with E-state index in [9.17, 15) is 4.79 Å². The lowest BCUT2D eigenvalue weighted by Crippen LogP contribution is -2.08. The normalized spacial score (nSPS) is 12.5. The van der Waals surface area contributed by atoms with Crippen molar-refractivity contribution in [2.45, 2.75) is 19.3 Å². The van der Waals surface area contributed by atoms with E-state index in [-0.39, 0.29) is 11.7 Å². The SMILES string of the molecule is CC(=O)C[C@H](c1ccc(Br)cc1)c1[nH]c2ccccc2c1I. The van der Waals surface area contributed by atoms with E-state index < -0.39 is 0 Å². The summed E-state index contributed by atoms with van der Waals surface area (Å²) in [6.45, 7) is 1.65. The molecule has 0 radical (unpaired) electrons. The minimum Gasteiger partial charge on any atom is -0.357 e. The van der Waals surface area contributed by atoms with Crippen LogP contribution in [0.15, 0.2) is 53.0 Å². The summed E-state index contributed by atoms with van der Waals surface area (Å²) in [5.74, 6) is 0.257. The number of fused-ring (bicyclic) bond motifs is 1. The molecule has 2 aromatic carbocycles. The molecule has 22 heavy (non-hydrogen) atoms. The Morgan fingerprint density at radius 1 is 1.18 bits per heavy atom. The van der Waals surface area contributed by atoms with Gasteiger partial charge in [-0.1, -0.05) is 46.3 Å². The number of para-hydroxylation sites is 1. The van der Waals surface area contributed by atoms with Crippen LogP contribution in [0.4, 0.5) is 0 Å². The number of ketones is 1. The second-order valence-corrected chi connectivity index (χ2v) is 7.40. The summed E-state index contributed by atoms with van der Waals surface area (Å²) in [6.07, 6.45) is 0.504. The highest BCUT2D eigenvalue weighted by atomic mass is 127. The zero-order valence-electron chi connectivity index (χ0n) is 12.1. The van der Waals surface area contributed by atoms with Gasteiger partial charge in [0.25, 0.3) is 0 Å². The van der Waals surface area contributed by atoms with E-state index in [0.717, 1.165) is 21.2 Å². The first-order valence-corrected chi connectivity index (χ1v) is 8.94. The number of rotatable bonds is 4. The first-order valence-electron chi connectivity index (χ1n) is 7.07. The van der Waals surface area contributed by atoms with Crippen molar-refractivity contribution in [2.75, 3.05) is 0 Å². The fraction of sp³-hybridized carbons (Fsp3) is 0.167. The molecule has 0 saturated carbocycles. The Morgan fingerprint density at radius 3 is 2.50 bits per heavy atom. The van der Waals surface area contributed by atoms with Crippen LogP contribution >= 0.6 is 38.5 Å². The molecular formula is C18H15BrINO. The lowest BCUT2D eigenvalue weighted by Gasteiger charge is -2.16. The van der Waals surface area contributed by atoms with Gasteiger partial charge < -0.3 is 4.98 Å². The lowest BCUT2D eigenvalue weighted by atomic mass is 9.91. The van der Waals surface area contributed by atoms with Gasteiger partial charge in [0.15, 0.2) is 0 Å². The number of benzene rings is 2. The first-order chi connectivity index (χ1) is 10.6. The summed E-state index contributed by atoms with van der Waals surface area (Å²) in [4.78, 5) is 15.3. The molecule has 0 aliphatic heterocycles. The second-order valence-electron chi connectivity index (χ2n) is 5.41. The number of Topliss-reactive ketones (excluding diaryl/α,β-unsaturated/α-hetero) is 1. The molecule has 2 nitrogen and oxygen atoms in total. The van der Waals surface area contributed by atoms with Crippen molar-refractivity contribution in [3.8, 4) is 0 Å². The molecule has 0 bridgehead atoms. The van der Waals surface area contributed by atoms with E-state index in [2.05, 4.69) is 67.8 Å². The molecule has 0 fully saturated rings. The molecule has 0 aliphatic rings. The molecule has 4 heteroatoms. The Balaban J connectivity index is 2.13. The van der Waals surface area contributed by atoms with Crippen molar-refractivity contribution >= 4 is 55.2 Å². The van der Waals surface area contributed by atoms with Crippen molar-refractivity contribution in [2.24, 2.45) is 0 Å². The quantitative estimate of drug-likeness (QED) is 0.494. The molecular weight excluding hydrogens is 453 g/mol. The van der Waals surface area contributed by atoms with Gasteiger partial charge in [0.05, 0.1) is 0 Å². The van der Waals surface area contributed by atoms with Crippen LogP contribution in [-0.2, 0) is 4.79 Å². The van der Waals surface area contributed by atoms with Crippen LogP contribution < -0.4 is 0 Å². The van der Waals surface area contributed by atoms with Crippen LogP contribution in [0.3, 0.4) is 0 Å². The smallest absolute Gasteiger partial charge is 0.130 e. The molecule has 0 spiro atoms. The van der Waals surface area contributed by atoms with E-state index in [1.54, 1.807) is 6.92 Å². The molecule has 0 amide bonds. The Kier molecular flexibility index (Phi) is 4.68. The Bertz CT molecular complexity index is 823. The summed E-state index contributed by atoms with van der Waals surface area (Å²) >= 11 is 5.85. The number of aromatic amines is 1. The number of halogens is 2. The third-order valence-electron chi connectivity index (χ3n) is 3.78. The average Bonchev–Trinajstić information content (AvgIpc) is 2.83. The first kappa shape index (κ1) is 15.7. The van der Waals surface area contributed by atoms with E-state index >= 15 is 0 Å². The van der Waals surface area contributed by atoms with Gasteiger partial charge in [-0.25, -0.2) is 0 Å². The standard InChI is InChI=1S/C18H15BrINO/c1-11(22)10-15(12-6-8-13(19)9-7-12)18-17(20)14-4-2-3-5-16(14)21-18/h2-9,15,21H,10H2,1H3/t15-/m1/s1. The number of carbonyl (C=O) groups excluding carboxylic acids is 1. The van der Waals surface area contributed by atoms with Gasteiger partial charge in [0, 0.05) is 37.0 Å². The maximum Gasteiger partial charge on any atom is 0.130 e. The highest BCUT2D eigenvalue weighted by Crippen LogP contribution is 2.35. The summed E-state index contributed by atoms with van der Waals surface area (Å²) in [7, 11) is 0. The van der Waals surface area contributed by atoms with Gasteiger partial charge in [0.1, 0.15) is 5.78 Å². The summed E-state index contributed by atoms with van der Waals surface area (Å²) < 4.78 is 2.24. The predicted molar refractivity (Wildman–Crippen MR) is 102 cm³/mol. The third-order valence-corrected chi connectivity index (χ3v) is 5.47. The van der Waals surface area contributed by atoms with E-state index in [1.165, 1.54) is 8.96 Å². The average molecular weight is 468 g/mol. The zero-order valence-corrected chi connectivity index (χ0v) is 15.8. The van der Waals surface area contributed by atoms with Gasteiger partial charge in [-0.05, 0) is 53.3 Å². The predicted octanol–water partition coefficient (Wildman–Crippen LogP) is 5.65. The summed E-state index contributed by atoms with van der Waals surface area (Å²) in [6, 6.07) is 16.5. The Morgan fingerprint density at radius 2 is 1.86 bits per heavy atom. The van der Waals surface area contributed by atoms with Gasteiger partial charge >= 0.3 is 0 Å². The minimum atomic E-state index is 0.0601.